The second kappa shape index (κ2) is 4.79. The van der Waals surface area contributed by atoms with Crippen LogP contribution in [0.3, 0.4) is 0 Å². The third kappa shape index (κ3) is 3.51. The molecule has 1 rings (SSSR count). The van der Waals surface area contributed by atoms with Crippen LogP contribution in [0.4, 0.5) is 0 Å². The van der Waals surface area contributed by atoms with Gasteiger partial charge < -0.3 is 9.84 Å². The zero-order chi connectivity index (χ0) is 8.97. The van der Waals surface area contributed by atoms with Crippen molar-refractivity contribution in [2.75, 3.05) is 0 Å². The van der Waals surface area contributed by atoms with E-state index in [4.69, 9.17) is 9.84 Å². The minimum atomic E-state index is -0.719. The molecule has 0 fully saturated rings. The molecular weight excluding hydrogens is 267 g/mol. The molecule has 0 aromatic heterocycles. The molecule has 3 heteroatoms. The van der Waals surface area contributed by atoms with Crippen molar-refractivity contribution in [2.45, 2.75) is 17.8 Å². The molecule has 0 aliphatic carbocycles. The minimum Gasteiger partial charge on any atom is -0.360 e. The minimum absolute atomic E-state index is 0.463. The van der Waals surface area contributed by atoms with Gasteiger partial charge in [-0.05, 0) is 35.1 Å². The van der Waals surface area contributed by atoms with Gasteiger partial charge in [-0.25, -0.2) is 0 Å². The van der Waals surface area contributed by atoms with E-state index in [1.165, 1.54) is 5.56 Å². The van der Waals surface area contributed by atoms with Gasteiger partial charge in [0.15, 0.2) is 0 Å². The summed E-state index contributed by atoms with van der Waals surface area (Å²) in [5.74, 6) is 0. The van der Waals surface area contributed by atoms with Crippen molar-refractivity contribution in [3.8, 4) is 0 Å². The maximum absolute atomic E-state index is 8.83. The lowest BCUT2D eigenvalue weighted by atomic mass is 10.2. The average Bonchev–Trinajstić information content (AvgIpc) is 2.03. The van der Waals surface area contributed by atoms with Crippen molar-refractivity contribution in [1.29, 1.82) is 0 Å². The number of rotatable bonds is 3. The van der Waals surface area contributed by atoms with Crippen LogP contribution in [0.15, 0.2) is 24.3 Å². The van der Waals surface area contributed by atoms with E-state index in [2.05, 4.69) is 0 Å². The van der Waals surface area contributed by atoms with Gasteiger partial charge in [-0.15, -0.1) is 0 Å². The first-order valence-electron chi connectivity index (χ1n) is 3.68. The third-order valence-electron chi connectivity index (χ3n) is 1.51. The Morgan fingerprint density at radius 3 is 2.50 bits per heavy atom. The van der Waals surface area contributed by atoms with Crippen LogP contribution in [-0.4, -0.2) is 9.40 Å². The number of aliphatic hydroxyl groups excluding tert-OH is 1. The fraction of sp³-hybridized carbons (Fsp3) is 0.333. The van der Waals surface area contributed by atoms with Crippen LogP contribution in [0.25, 0.3) is 0 Å². The fourth-order valence-corrected chi connectivity index (χ4v) is 1.03. The lowest BCUT2D eigenvalue weighted by molar-refractivity contribution is -0.0286. The van der Waals surface area contributed by atoms with E-state index >= 15 is 0 Å². The molecule has 0 saturated heterocycles. The monoisotopic (exact) mass is 278 g/mol. The molecule has 1 N–H and O–H groups in total. The zero-order valence-electron chi connectivity index (χ0n) is 6.83. The molecule has 1 aromatic rings. The number of aliphatic hydroxyl groups is 1. The van der Waals surface area contributed by atoms with Crippen LogP contribution in [0.2, 0.25) is 0 Å². The Bertz CT molecular complexity index is 231. The van der Waals surface area contributed by atoms with E-state index in [-0.39, 0.29) is 0 Å². The van der Waals surface area contributed by atoms with Crippen LogP contribution < -0.4 is 0 Å². The van der Waals surface area contributed by atoms with Gasteiger partial charge in [-0.2, -0.15) is 0 Å². The molecule has 0 amide bonds. The molecule has 2 nitrogen and oxygen atoms in total. The van der Waals surface area contributed by atoms with Crippen LogP contribution in [-0.2, 0) is 11.3 Å². The lowest BCUT2D eigenvalue weighted by Gasteiger charge is -2.04. The number of ether oxygens (including phenoxy) is 1. The van der Waals surface area contributed by atoms with E-state index < -0.39 is 4.30 Å². The van der Waals surface area contributed by atoms with E-state index in [9.17, 15) is 0 Å². The first kappa shape index (κ1) is 9.95. The number of hydrogen-bond acceptors (Lipinski definition) is 2. The summed E-state index contributed by atoms with van der Waals surface area (Å²) in [5, 5.41) is 8.83. The number of halogens is 1. The lowest BCUT2D eigenvalue weighted by Crippen LogP contribution is -2.01. The molecule has 1 aromatic carbocycles. The molecule has 0 saturated carbocycles. The number of aryl methyl sites for hydroxylation is 1. The Kier molecular flexibility index (Phi) is 3.97. The molecule has 0 aliphatic heterocycles. The van der Waals surface area contributed by atoms with Crippen molar-refractivity contribution in [1.82, 2.24) is 0 Å². The molecule has 0 bridgehead atoms. The Morgan fingerprint density at radius 1 is 1.42 bits per heavy atom. The summed E-state index contributed by atoms with van der Waals surface area (Å²) in [5.41, 5.74) is 2.31. The molecular formula is C9H11IO2. The van der Waals surface area contributed by atoms with Gasteiger partial charge in [0.25, 0.3) is 0 Å². The Morgan fingerprint density at radius 2 is 2.00 bits per heavy atom. The zero-order valence-corrected chi connectivity index (χ0v) is 8.98. The summed E-state index contributed by atoms with van der Waals surface area (Å²) in [6.45, 7) is 2.50. The molecule has 0 aliphatic rings. The van der Waals surface area contributed by atoms with Gasteiger partial charge in [0.1, 0.15) is 0 Å². The number of alkyl halides is 1. The smallest absolute Gasteiger partial charge is 0.208 e. The van der Waals surface area contributed by atoms with E-state index in [1.807, 2.05) is 53.8 Å². The van der Waals surface area contributed by atoms with Crippen molar-refractivity contribution < 1.29 is 9.84 Å². The Balaban J connectivity index is 2.48. The van der Waals surface area contributed by atoms with Gasteiger partial charge in [0.05, 0.1) is 6.61 Å². The summed E-state index contributed by atoms with van der Waals surface area (Å²) in [7, 11) is 0. The fourth-order valence-electron chi connectivity index (χ4n) is 0.849. The van der Waals surface area contributed by atoms with E-state index in [1.54, 1.807) is 0 Å². The topological polar surface area (TPSA) is 29.5 Å². The highest BCUT2D eigenvalue weighted by Gasteiger charge is 1.97. The van der Waals surface area contributed by atoms with Crippen molar-refractivity contribution in [3.05, 3.63) is 35.4 Å². The summed E-state index contributed by atoms with van der Waals surface area (Å²) in [4.78, 5) is 0. The van der Waals surface area contributed by atoms with E-state index in [0.29, 0.717) is 6.61 Å². The molecule has 12 heavy (non-hydrogen) atoms. The Hall–Kier alpha value is -0.130. The maximum atomic E-state index is 8.83. The van der Waals surface area contributed by atoms with Gasteiger partial charge in [-0.3, -0.25) is 0 Å². The molecule has 0 radical (unpaired) electrons. The molecule has 0 heterocycles. The first-order chi connectivity index (χ1) is 5.68. The highest BCUT2D eigenvalue weighted by Crippen LogP contribution is 2.07. The van der Waals surface area contributed by atoms with Crippen LogP contribution in [0.5, 0.6) is 0 Å². The van der Waals surface area contributed by atoms with Crippen LogP contribution in [0, 0.1) is 6.92 Å². The maximum Gasteiger partial charge on any atom is 0.208 e. The molecule has 1 atom stereocenters. The van der Waals surface area contributed by atoms with Gasteiger partial charge in [0.2, 0.25) is 4.30 Å². The average molecular weight is 278 g/mol. The first-order valence-corrected chi connectivity index (χ1v) is 4.92. The quantitative estimate of drug-likeness (QED) is 0.522. The summed E-state index contributed by atoms with van der Waals surface area (Å²) in [6, 6.07) is 8.04. The van der Waals surface area contributed by atoms with Crippen molar-refractivity contribution >= 4 is 22.6 Å². The summed E-state index contributed by atoms with van der Waals surface area (Å²) in [6.07, 6.45) is 0. The van der Waals surface area contributed by atoms with Crippen molar-refractivity contribution in [3.63, 3.8) is 0 Å². The summed E-state index contributed by atoms with van der Waals surface area (Å²) >= 11 is 1.81. The molecule has 1 unspecified atom stereocenters. The standard InChI is InChI=1S/C9H11IO2/c1-7-2-4-8(5-3-7)6-12-9(10)11/h2-5,9,11H,6H2,1H3. The molecule has 0 spiro atoms. The number of benzene rings is 1. The largest absolute Gasteiger partial charge is 0.360 e. The summed E-state index contributed by atoms with van der Waals surface area (Å²) < 4.78 is 4.29. The highest BCUT2D eigenvalue weighted by atomic mass is 127. The predicted octanol–water partition coefficient (Wildman–Crippen LogP) is 2.22. The van der Waals surface area contributed by atoms with Gasteiger partial charge >= 0.3 is 0 Å². The second-order valence-corrected chi connectivity index (χ2v) is 3.65. The molecule has 66 valence electrons. The normalized spacial score (nSPS) is 12.9. The van der Waals surface area contributed by atoms with Crippen molar-refractivity contribution in [2.24, 2.45) is 0 Å². The highest BCUT2D eigenvalue weighted by molar-refractivity contribution is 14.1. The van der Waals surface area contributed by atoms with Crippen LogP contribution in [0.1, 0.15) is 11.1 Å². The van der Waals surface area contributed by atoms with Crippen LogP contribution >= 0.6 is 22.6 Å². The number of hydrogen-bond donors (Lipinski definition) is 1. The van der Waals surface area contributed by atoms with Gasteiger partial charge in [0, 0.05) is 0 Å². The predicted molar refractivity (Wildman–Crippen MR) is 56.0 cm³/mol. The Labute approximate surface area is 85.7 Å². The second-order valence-electron chi connectivity index (χ2n) is 2.59. The SMILES string of the molecule is Cc1ccc(COC(O)I)cc1. The third-order valence-corrected chi connectivity index (χ3v) is 1.87. The van der Waals surface area contributed by atoms with Gasteiger partial charge in [-0.1, -0.05) is 29.8 Å². The van der Waals surface area contributed by atoms with E-state index in [0.717, 1.165) is 5.56 Å².